The van der Waals surface area contributed by atoms with Crippen LogP contribution < -0.4 is 4.74 Å². The Balaban J connectivity index is 2.22. The summed E-state index contributed by atoms with van der Waals surface area (Å²) in [6.07, 6.45) is 1.18. The molecule has 1 aliphatic heterocycles. The summed E-state index contributed by atoms with van der Waals surface area (Å²) in [5.74, 6) is -1.85. The molecule has 0 atom stereocenters. The fourth-order valence-corrected chi connectivity index (χ4v) is 2.62. The van der Waals surface area contributed by atoms with Crippen molar-refractivity contribution in [1.82, 2.24) is 4.90 Å². The van der Waals surface area contributed by atoms with Gasteiger partial charge in [-0.1, -0.05) is 0 Å². The highest BCUT2D eigenvalue weighted by atomic mass is 19.1. The van der Waals surface area contributed by atoms with Crippen LogP contribution in [0, 0.1) is 5.82 Å². The van der Waals surface area contributed by atoms with Gasteiger partial charge < -0.3 is 19.5 Å². The molecule has 1 heterocycles. The van der Waals surface area contributed by atoms with Gasteiger partial charge in [-0.05, 0) is 31.0 Å². The van der Waals surface area contributed by atoms with E-state index < -0.39 is 11.8 Å². The normalized spacial score (nSPS) is 15.2. The third-order valence-corrected chi connectivity index (χ3v) is 3.86. The Labute approximate surface area is 133 Å². The first-order chi connectivity index (χ1) is 11.0. The van der Waals surface area contributed by atoms with Gasteiger partial charge in [0.15, 0.2) is 11.6 Å². The van der Waals surface area contributed by atoms with Crippen LogP contribution in [0.1, 0.15) is 29.6 Å². The molecule has 1 aliphatic rings. The number of carboxylic acids is 1. The zero-order valence-corrected chi connectivity index (χ0v) is 13.0. The highest BCUT2D eigenvalue weighted by Gasteiger charge is 2.27. The minimum absolute atomic E-state index is 0.0130. The quantitative estimate of drug-likeness (QED) is 0.865. The number of hydrogen-bond donors (Lipinski definition) is 1. The number of aliphatic carboxylic acids is 1. The highest BCUT2D eigenvalue weighted by molar-refractivity contribution is 5.95. The van der Waals surface area contributed by atoms with E-state index >= 15 is 0 Å². The monoisotopic (exact) mass is 325 g/mol. The molecule has 1 saturated heterocycles. The Morgan fingerprint density at radius 3 is 2.70 bits per heavy atom. The molecule has 0 unspecified atom stereocenters. The summed E-state index contributed by atoms with van der Waals surface area (Å²) < 4.78 is 23.7. The minimum atomic E-state index is -0.966. The van der Waals surface area contributed by atoms with Crippen molar-refractivity contribution < 1.29 is 28.6 Å². The lowest BCUT2D eigenvalue weighted by atomic mass is 10.0. The van der Waals surface area contributed by atoms with Gasteiger partial charge in [0.2, 0.25) is 0 Å². The lowest BCUT2D eigenvalue weighted by Gasteiger charge is -2.34. The molecule has 0 bridgehead atoms. The van der Waals surface area contributed by atoms with Crippen LogP contribution in [0.25, 0.3) is 0 Å². The van der Waals surface area contributed by atoms with Crippen molar-refractivity contribution in [3.8, 4) is 5.75 Å². The van der Waals surface area contributed by atoms with E-state index in [0.717, 1.165) is 0 Å². The molecule has 7 heteroatoms. The van der Waals surface area contributed by atoms with Crippen molar-refractivity contribution >= 4 is 11.9 Å². The maximum absolute atomic E-state index is 13.5. The Bertz CT molecular complexity index is 572. The second-order valence-corrected chi connectivity index (χ2v) is 5.34. The molecule has 0 aromatic heterocycles. The number of carbonyl (C=O) groups excluding carboxylic acids is 1. The average molecular weight is 325 g/mol. The molecule has 0 aliphatic carbocycles. The molecular formula is C16H20FNO5. The topological polar surface area (TPSA) is 76.1 Å². The van der Waals surface area contributed by atoms with Crippen LogP contribution >= 0.6 is 0 Å². The second kappa shape index (κ2) is 7.92. The third kappa shape index (κ3) is 4.41. The van der Waals surface area contributed by atoms with Gasteiger partial charge in [-0.25, -0.2) is 4.39 Å². The van der Waals surface area contributed by atoms with Crippen LogP contribution in [0.5, 0.6) is 5.75 Å². The second-order valence-electron chi connectivity index (χ2n) is 5.34. The Kier molecular flexibility index (Phi) is 5.92. The predicted octanol–water partition coefficient (Wildman–Crippen LogP) is 1.93. The molecule has 2 rings (SSSR count). The van der Waals surface area contributed by atoms with Crippen molar-refractivity contribution in [1.29, 1.82) is 0 Å². The molecule has 23 heavy (non-hydrogen) atoms. The first-order valence-corrected chi connectivity index (χ1v) is 7.47. The van der Waals surface area contributed by atoms with Crippen LogP contribution in [0.3, 0.4) is 0 Å². The number of carbonyl (C=O) groups is 2. The summed E-state index contributed by atoms with van der Waals surface area (Å²) in [5, 5.41) is 8.90. The van der Waals surface area contributed by atoms with E-state index in [0.29, 0.717) is 26.1 Å². The number of nitrogens with zero attached hydrogens (tertiary/aromatic N) is 1. The Morgan fingerprint density at radius 2 is 2.09 bits per heavy atom. The number of ether oxygens (including phenoxy) is 2. The van der Waals surface area contributed by atoms with Crippen LogP contribution in [0.2, 0.25) is 0 Å². The molecule has 126 valence electrons. The largest absolute Gasteiger partial charge is 0.494 e. The van der Waals surface area contributed by atoms with Crippen LogP contribution in [0.15, 0.2) is 18.2 Å². The Hall–Kier alpha value is -2.15. The summed E-state index contributed by atoms with van der Waals surface area (Å²) in [7, 11) is 1.33. The lowest BCUT2D eigenvalue weighted by molar-refractivity contribution is -0.137. The fraction of sp³-hybridized carbons (Fsp3) is 0.500. The van der Waals surface area contributed by atoms with E-state index in [1.165, 1.54) is 25.3 Å². The molecule has 1 fully saturated rings. The maximum atomic E-state index is 13.5. The smallest absolute Gasteiger partial charge is 0.305 e. The summed E-state index contributed by atoms with van der Waals surface area (Å²) in [6, 6.07) is 3.82. The maximum Gasteiger partial charge on any atom is 0.305 e. The van der Waals surface area contributed by atoms with E-state index in [2.05, 4.69) is 0 Å². The number of carboxylic acid groups (broad SMARTS) is 1. The number of hydrogen-bond acceptors (Lipinski definition) is 4. The van der Waals surface area contributed by atoms with Gasteiger partial charge in [-0.15, -0.1) is 0 Å². The van der Waals surface area contributed by atoms with Gasteiger partial charge >= 0.3 is 5.97 Å². The average Bonchev–Trinajstić information content (AvgIpc) is 2.56. The highest BCUT2D eigenvalue weighted by Crippen LogP contribution is 2.22. The summed E-state index contributed by atoms with van der Waals surface area (Å²) in [6.45, 7) is 1.18. The molecule has 0 radical (unpaired) electrons. The third-order valence-electron chi connectivity index (χ3n) is 3.86. The number of halogens is 1. The van der Waals surface area contributed by atoms with Crippen molar-refractivity contribution in [3.05, 3.63) is 29.6 Å². The van der Waals surface area contributed by atoms with Gasteiger partial charge in [-0.2, -0.15) is 0 Å². The number of methoxy groups -OCH3 is 1. The van der Waals surface area contributed by atoms with E-state index in [-0.39, 0.29) is 36.2 Å². The molecule has 0 spiro atoms. The zero-order valence-electron chi connectivity index (χ0n) is 13.0. The van der Waals surface area contributed by atoms with Crippen molar-refractivity contribution in [2.24, 2.45) is 0 Å². The molecule has 6 nitrogen and oxygen atoms in total. The number of benzene rings is 1. The summed E-state index contributed by atoms with van der Waals surface area (Å²) in [4.78, 5) is 25.2. The number of amides is 1. The fourth-order valence-electron chi connectivity index (χ4n) is 2.62. The number of rotatable bonds is 6. The molecular weight excluding hydrogens is 305 g/mol. The Morgan fingerprint density at radius 1 is 1.39 bits per heavy atom. The summed E-state index contributed by atoms with van der Waals surface area (Å²) in [5.41, 5.74) is 0.278. The molecule has 1 aromatic carbocycles. The van der Waals surface area contributed by atoms with Crippen LogP contribution in [0.4, 0.5) is 4.39 Å². The van der Waals surface area contributed by atoms with Gasteiger partial charge in [0.05, 0.1) is 13.5 Å². The van der Waals surface area contributed by atoms with Gasteiger partial charge in [-0.3, -0.25) is 9.59 Å². The zero-order chi connectivity index (χ0) is 16.8. The van der Waals surface area contributed by atoms with E-state index in [1.807, 2.05) is 0 Å². The van der Waals surface area contributed by atoms with Gasteiger partial charge in [0.25, 0.3) is 5.91 Å². The first kappa shape index (κ1) is 17.2. The van der Waals surface area contributed by atoms with Crippen LogP contribution in [-0.2, 0) is 9.53 Å². The predicted molar refractivity (Wildman–Crippen MR) is 80.1 cm³/mol. The van der Waals surface area contributed by atoms with Gasteiger partial charge in [0.1, 0.15) is 0 Å². The SMILES string of the molecule is COc1cc(C(=O)N(CCC(=O)O)C2CCOCC2)ccc1F. The van der Waals surface area contributed by atoms with Crippen molar-refractivity contribution in [2.45, 2.75) is 25.3 Å². The van der Waals surface area contributed by atoms with Crippen LogP contribution in [-0.4, -0.2) is 54.8 Å². The van der Waals surface area contributed by atoms with E-state index in [9.17, 15) is 14.0 Å². The van der Waals surface area contributed by atoms with Crippen molar-refractivity contribution in [2.75, 3.05) is 26.9 Å². The lowest BCUT2D eigenvalue weighted by Crippen LogP contribution is -2.44. The molecule has 1 N–H and O–H groups in total. The molecule has 1 amide bonds. The van der Waals surface area contributed by atoms with Crippen molar-refractivity contribution in [3.63, 3.8) is 0 Å². The first-order valence-electron chi connectivity index (χ1n) is 7.47. The molecule has 1 aromatic rings. The van der Waals surface area contributed by atoms with E-state index in [1.54, 1.807) is 4.90 Å². The standard InChI is InChI=1S/C16H20FNO5/c1-22-14-10-11(2-3-13(14)17)16(21)18(7-4-15(19)20)12-5-8-23-9-6-12/h2-3,10,12H,4-9H2,1H3,(H,19,20). The minimum Gasteiger partial charge on any atom is -0.494 e. The summed E-state index contributed by atoms with van der Waals surface area (Å²) >= 11 is 0. The van der Waals surface area contributed by atoms with Gasteiger partial charge in [0, 0.05) is 31.4 Å². The van der Waals surface area contributed by atoms with E-state index in [4.69, 9.17) is 14.6 Å². The molecule has 0 saturated carbocycles.